The second kappa shape index (κ2) is 5.06. The predicted octanol–water partition coefficient (Wildman–Crippen LogP) is -0.179. The lowest BCUT2D eigenvalue weighted by Gasteiger charge is -2.03. The normalized spacial score (nSPS) is 10.2. The highest BCUT2D eigenvalue weighted by molar-refractivity contribution is 5.91. The van der Waals surface area contributed by atoms with E-state index in [0.29, 0.717) is 12.2 Å². The Kier molecular flexibility index (Phi) is 3.27. The van der Waals surface area contributed by atoms with Crippen molar-refractivity contribution in [2.24, 2.45) is 0 Å². The molecular weight excluding hydrogens is 208 g/mol. The van der Waals surface area contributed by atoms with Crippen molar-refractivity contribution < 1.29 is 4.79 Å². The lowest BCUT2D eigenvalue weighted by molar-refractivity contribution is 0.0947. The number of nitrogens with one attached hydrogen (secondary N) is 2. The van der Waals surface area contributed by atoms with E-state index in [4.69, 9.17) is 0 Å². The van der Waals surface area contributed by atoms with Gasteiger partial charge in [-0.25, -0.2) is 4.98 Å². The van der Waals surface area contributed by atoms with Gasteiger partial charge in [0, 0.05) is 25.5 Å². The number of hydrogen-bond acceptors (Lipinski definition) is 4. The minimum Gasteiger partial charge on any atom is -0.351 e. The summed E-state index contributed by atoms with van der Waals surface area (Å²) in [6.07, 6.45) is 7.61. The Bertz CT molecular complexity index is 421. The molecule has 2 rings (SSSR count). The zero-order valence-corrected chi connectivity index (χ0v) is 8.63. The van der Waals surface area contributed by atoms with Crippen molar-refractivity contribution in [2.75, 3.05) is 6.54 Å². The molecule has 2 aromatic rings. The van der Waals surface area contributed by atoms with Gasteiger partial charge in [-0.05, 0) is 6.42 Å². The number of rotatable bonds is 5. The molecule has 0 radical (unpaired) electrons. The van der Waals surface area contributed by atoms with E-state index in [0.717, 1.165) is 13.0 Å². The van der Waals surface area contributed by atoms with E-state index in [1.54, 1.807) is 12.5 Å². The van der Waals surface area contributed by atoms with Crippen molar-refractivity contribution in [1.82, 2.24) is 30.3 Å². The standard InChI is InChI=1S/C9H12N6O/c16-9(8-6-12-14-13-8)11-2-1-4-15-5-3-10-7-15/h3,5-7H,1-2,4H2,(H,11,16)(H,12,13,14). The van der Waals surface area contributed by atoms with Crippen molar-refractivity contribution in [3.05, 3.63) is 30.6 Å². The summed E-state index contributed by atoms with van der Waals surface area (Å²) in [5, 5.41) is 12.4. The first-order valence-corrected chi connectivity index (χ1v) is 4.96. The van der Waals surface area contributed by atoms with Crippen LogP contribution in [0.15, 0.2) is 24.9 Å². The predicted molar refractivity (Wildman–Crippen MR) is 55.6 cm³/mol. The topological polar surface area (TPSA) is 88.5 Å². The van der Waals surface area contributed by atoms with E-state index in [-0.39, 0.29) is 5.91 Å². The van der Waals surface area contributed by atoms with E-state index < -0.39 is 0 Å². The Labute approximate surface area is 91.9 Å². The van der Waals surface area contributed by atoms with E-state index in [1.165, 1.54) is 6.20 Å². The zero-order chi connectivity index (χ0) is 11.2. The maximum absolute atomic E-state index is 11.4. The number of imidazole rings is 1. The summed E-state index contributed by atoms with van der Waals surface area (Å²) < 4.78 is 1.96. The van der Waals surface area contributed by atoms with Crippen LogP contribution in [0.2, 0.25) is 0 Å². The number of aryl methyl sites for hydroxylation is 1. The summed E-state index contributed by atoms with van der Waals surface area (Å²) in [7, 11) is 0. The Hall–Kier alpha value is -2.18. The van der Waals surface area contributed by atoms with Crippen molar-refractivity contribution in [3.63, 3.8) is 0 Å². The van der Waals surface area contributed by atoms with Gasteiger partial charge in [-0.2, -0.15) is 15.4 Å². The Balaban J connectivity index is 1.67. The molecular formula is C9H12N6O. The molecule has 0 fully saturated rings. The largest absolute Gasteiger partial charge is 0.351 e. The third kappa shape index (κ3) is 2.66. The molecule has 7 heteroatoms. The third-order valence-corrected chi connectivity index (χ3v) is 2.09. The molecule has 0 atom stereocenters. The molecule has 0 bridgehead atoms. The van der Waals surface area contributed by atoms with Crippen LogP contribution >= 0.6 is 0 Å². The van der Waals surface area contributed by atoms with Crippen LogP contribution in [0.4, 0.5) is 0 Å². The van der Waals surface area contributed by atoms with Crippen LogP contribution in [0.25, 0.3) is 0 Å². The lowest BCUT2D eigenvalue weighted by Crippen LogP contribution is -2.25. The Morgan fingerprint density at radius 1 is 1.56 bits per heavy atom. The van der Waals surface area contributed by atoms with Crippen LogP contribution in [0, 0.1) is 0 Å². The summed E-state index contributed by atoms with van der Waals surface area (Å²) in [5.74, 6) is -0.209. The second-order valence-corrected chi connectivity index (χ2v) is 3.27. The third-order valence-electron chi connectivity index (χ3n) is 2.09. The van der Waals surface area contributed by atoms with E-state index in [9.17, 15) is 4.79 Å². The molecule has 84 valence electrons. The number of H-pyrrole nitrogens is 1. The monoisotopic (exact) mass is 220 g/mol. The molecule has 0 aliphatic rings. The van der Waals surface area contributed by atoms with Gasteiger partial charge < -0.3 is 9.88 Å². The van der Waals surface area contributed by atoms with Crippen LogP contribution in [-0.2, 0) is 6.54 Å². The van der Waals surface area contributed by atoms with Gasteiger partial charge in [-0.15, -0.1) is 0 Å². The summed E-state index contributed by atoms with van der Waals surface area (Å²) in [5.41, 5.74) is 0.308. The number of carbonyl (C=O) groups excluding carboxylic acids is 1. The fourth-order valence-corrected chi connectivity index (χ4v) is 1.28. The molecule has 1 amide bonds. The summed E-state index contributed by atoms with van der Waals surface area (Å²) in [4.78, 5) is 15.3. The van der Waals surface area contributed by atoms with Crippen molar-refractivity contribution in [2.45, 2.75) is 13.0 Å². The number of carbonyl (C=O) groups is 1. The van der Waals surface area contributed by atoms with Gasteiger partial charge in [0.05, 0.1) is 12.5 Å². The van der Waals surface area contributed by atoms with Crippen molar-refractivity contribution in [1.29, 1.82) is 0 Å². The second-order valence-electron chi connectivity index (χ2n) is 3.27. The molecule has 0 unspecified atom stereocenters. The maximum Gasteiger partial charge on any atom is 0.273 e. The van der Waals surface area contributed by atoms with Gasteiger partial charge in [-0.1, -0.05) is 0 Å². The number of amides is 1. The average Bonchev–Trinajstić information content (AvgIpc) is 2.96. The molecule has 0 aliphatic heterocycles. The van der Waals surface area contributed by atoms with Gasteiger partial charge >= 0.3 is 0 Å². The van der Waals surface area contributed by atoms with Gasteiger partial charge in [0.25, 0.3) is 5.91 Å². The first kappa shape index (κ1) is 10.3. The average molecular weight is 220 g/mol. The molecule has 2 N–H and O–H groups in total. The highest BCUT2D eigenvalue weighted by Crippen LogP contribution is 1.91. The number of aromatic amines is 1. The van der Waals surface area contributed by atoms with Gasteiger partial charge in [0.1, 0.15) is 0 Å². The van der Waals surface area contributed by atoms with Crippen molar-refractivity contribution >= 4 is 5.91 Å². The van der Waals surface area contributed by atoms with Crippen LogP contribution in [0.3, 0.4) is 0 Å². The zero-order valence-electron chi connectivity index (χ0n) is 8.63. The molecule has 0 aliphatic carbocycles. The Morgan fingerprint density at radius 3 is 3.19 bits per heavy atom. The van der Waals surface area contributed by atoms with Gasteiger partial charge in [0.15, 0.2) is 5.69 Å². The van der Waals surface area contributed by atoms with E-state index in [1.807, 2.05) is 10.8 Å². The maximum atomic E-state index is 11.4. The molecule has 2 aromatic heterocycles. The highest BCUT2D eigenvalue weighted by Gasteiger charge is 2.06. The summed E-state index contributed by atoms with van der Waals surface area (Å²) >= 11 is 0. The number of nitrogens with zero attached hydrogens (tertiary/aromatic N) is 4. The fourth-order valence-electron chi connectivity index (χ4n) is 1.28. The smallest absolute Gasteiger partial charge is 0.273 e. The summed E-state index contributed by atoms with van der Waals surface area (Å²) in [6.45, 7) is 1.43. The first-order chi connectivity index (χ1) is 7.86. The quantitative estimate of drug-likeness (QED) is 0.684. The molecule has 0 aromatic carbocycles. The van der Waals surface area contributed by atoms with Crippen LogP contribution < -0.4 is 5.32 Å². The van der Waals surface area contributed by atoms with E-state index >= 15 is 0 Å². The Morgan fingerprint density at radius 2 is 2.50 bits per heavy atom. The fraction of sp³-hybridized carbons (Fsp3) is 0.333. The molecule has 16 heavy (non-hydrogen) atoms. The lowest BCUT2D eigenvalue weighted by atomic mass is 10.4. The highest BCUT2D eigenvalue weighted by atomic mass is 16.1. The van der Waals surface area contributed by atoms with Crippen LogP contribution in [-0.4, -0.2) is 37.4 Å². The number of hydrogen-bond donors (Lipinski definition) is 2. The van der Waals surface area contributed by atoms with Gasteiger partial charge in [0.2, 0.25) is 0 Å². The number of aromatic nitrogens is 5. The molecule has 0 spiro atoms. The first-order valence-electron chi connectivity index (χ1n) is 4.96. The SMILES string of the molecule is O=C(NCCCn1ccnc1)c1cn[nH]n1. The van der Waals surface area contributed by atoms with Crippen LogP contribution in [0.1, 0.15) is 16.9 Å². The van der Waals surface area contributed by atoms with Crippen LogP contribution in [0.5, 0.6) is 0 Å². The minimum absolute atomic E-state index is 0.209. The molecule has 0 saturated heterocycles. The summed E-state index contributed by atoms with van der Waals surface area (Å²) in [6, 6.07) is 0. The molecule has 2 heterocycles. The van der Waals surface area contributed by atoms with Crippen molar-refractivity contribution in [3.8, 4) is 0 Å². The van der Waals surface area contributed by atoms with Gasteiger partial charge in [-0.3, -0.25) is 4.79 Å². The van der Waals surface area contributed by atoms with E-state index in [2.05, 4.69) is 25.7 Å². The molecule has 0 saturated carbocycles. The molecule has 7 nitrogen and oxygen atoms in total. The minimum atomic E-state index is -0.209.